The fourth-order valence-corrected chi connectivity index (χ4v) is 2.70. The number of amides is 2. The Morgan fingerprint density at radius 2 is 2.17 bits per heavy atom. The summed E-state index contributed by atoms with van der Waals surface area (Å²) in [5.74, 6) is 1.77. The molecule has 2 amide bonds. The van der Waals surface area contributed by atoms with Crippen LogP contribution < -0.4 is 15.4 Å². The first-order valence-corrected chi connectivity index (χ1v) is 7.76. The van der Waals surface area contributed by atoms with Crippen LogP contribution in [0.15, 0.2) is 34.9 Å². The van der Waals surface area contributed by atoms with E-state index in [-0.39, 0.29) is 24.7 Å². The monoisotopic (exact) mass is 316 g/mol. The summed E-state index contributed by atoms with van der Waals surface area (Å²) >= 11 is 0. The molecule has 0 bridgehead atoms. The van der Waals surface area contributed by atoms with Crippen molar-refractivity contribution >= 4 is 6.03 Å². The zero-order chi connectivity index (χ0) is 16.1. The first-order chi connectivity index (χ1) is 11.2. The molecule has 0 spiro atoms. The van der Waals surface area contributed by atoms with E-state index in [1.165, 1.54) is 0 Å². The summed E-state index contributed by atoms with van der Waals surface area (Å²) < 4.78 is 10.8. The van der Waals surface area contributed by atoms with Crippen LogP contribution in [-0.2, 0) is 6.54 Å². The van der Waals surface area contributed by atoms with Crippen molar-refractivity contribution in [2.75, 3.05) is 0 Å². The number of hydrogen-bond donors (Lipinski definition) is 2. The summed E-state index contributed by atoms with van der Waals surface area (Å²) in [7, 11) is 0. The lowest BCUT2D eigenvalue weighted by atomic mass is 10.2. The quantitative estimate of drug-likeness (QED) is 0.882. The molecule has 1 aliphatic rings. The minimum Gasteiger partial charge on any atom is -0.488 e. The molecular formula is C16H20N4O3. The number of rotatable bonds is 5. The van der Waals surface area contributed by atoms with Crippen molar-refractivity contribution < 1.29 is 14.1 Å². The molecule has 0 aliphatic heterocycles. The van der Waals surface area contributed by atoms with Gasteiger partial charge in [0.05, 0.1) is 12.6 Å². The molecule has 1 aromatic heterocycles. The van der Waals surface area contributed by atoms with E-state index in [4.69, 9.17) is 9.26 Å². The van der Waals surface area contributed by atoms with Crippen molar-refractivity contribution in [3.63, 3.8) is 0 Å². The van der Waals surface area contributed by atoms with E-state index in [9.17, 15) is 4.79 Å². The molecule has 2 aromatic rings. The second-order valence-electron chi connectivity index (χ2n) is 5.56. The Hall–Kier alpha value is -2.57. The predicted molar refractivity (Wildman–Crippen MR) is 82.9 cm³/mol. The highest BCUT2D eigenvalue weighted by Crippen LogP contribution is 2.24. The largest absolute Gasteiger partial charge is 0.488 e. The molecule has 1 fully saturated rings. The normalized spacial score (nSPS) is 20.2. The van der Waals surface area contributed by atoms with Gasteiger partial charge < -0.3 is 19.9 Å². The van der Waals surface area contributed by atoms with E-state index in [1.807, 2.05) is 30.3 Å². The number of carbonyl (C=O) groups excluding carboxylic acids is 1. The Morgan fingerprint density at radius 1 is 1.35 bits per heavy atom. The number of benzene rings is 1. The molecule has 1 saturated carbocycles. The molecule has 3 rings (SSSR count). The molecule has 122 valence electrons. The van der Waals surface area contributed by atoms with Crippen LogP contribution in [0.4, 0.5) is 4.79 Å². The number of nitrogens with one attached hydrogen (secondary N) is 2. The highest BCUT2D eigenvalue weighted by atomic mass is 16.5. The van der Waals surface area contributed by atoms with E-state index < -0.39 is 0 Å². The number of ether oxygens (including phenoxy) is 1. The summed E-state index contributed by atoms with van der Waals surface area (Å²) in [4.78, 5) is 16.1. The second-order valence-corrected chi connectivity index (χ2v) is 5.56. The van der Waals surface area contributed by atoms with Crippen molar-refractivity contribution in [1.29, 1.82) is 0 Å². The van der Waals surface area contributed by atoms with Crippen molar-refractivity contribution in [2.24, 2.45) is 0 Å². The first kappa shape index (κ1) is 15.3. The van der Waals surface area contributed by atoms with Crippen LogP contribution in [0.2, 0.25) is 0 Å². The van der Waals surface area contributed by atoms with Gasteiger partial charge in [0.15, 0.2) is 5.82 Å². The number of aryl methyl sites for hydroxylation is 1. The fourth-order valence-electron chi connectivity index (χ4n) is 2.70. The maximum atomic E-state index is 12.0. The van der Waals surface area contributed by atoms with Gasteiger partial charge in [-0.25, -0.2) is 4.79 Å². The summed E-state index contributed by atoms with van der Waals surface area (Å²) in [5.41, 5.74) is 0. The molecule has 2 N–H and O–H groups in total. The maximum absolute atomic E-state index is 12.0. The van der Waals surface area contributed by atoms with Crippen LogP contribution in [-0.4, -0.2) is 28.3 Å². The van der Waals surface area contributed by atoms with Crippen LogP contribution >= 0.6 is 0 Å². The number of carbonyl (C=O) groups is 1. The van der Waals surface area contributed by atoms with Gasteiger partial charge >= 0.3 is 6.03 Å². The van der Waals surface area contributed by atoms with Gasteiger partial charge in [-0.3, -0.25) is 0 Å². The van der Waals surface area contributed by atoms with Gasteiger partial charge in [0.25, 0.3) is 0 Å². The molecule has 1 aliphatic carbocycles. The van der Waals surface area contributed by atoms with Gasteiger partial charge in [-0.1, -0.05) is 23.4 Å². The third-order valence-electron chi connectivity index (χ3n) is 3.78. The van der Waals surface area contributed by atoms with Gasteiger partial charge in [0, 0.05) is 6.92 Å². The predicted octanol–water partition coefficient (Wildman–Crippen LogP) is 2.18. The molecule has 1 aromatic carbocycles. The molecule has 23 heavy (non-hydrogen) atoms. The molecule has 2 atom stereocenters. The highest BCUT2D eigenvalue weighted by molar-refractivity contribution is 5.74. The fraction of sp³-hybridized carbons (Fsp3) is 0.438. The molecule has 7 heteroatoms. The lowest BCUT2D eigenvalue weighted by Crippen LogP contribution is -2.46. The number of hydrogen-bond acceptors (Lipinski definition) is 5. The van der Waals surface area contributed by atoms with Crippen molar-refractivity contribution in [3.05, 3.63) is 42.0 Å². The van der Waals surface area contributed by atoms with E-state index in [1.54, 1.807) is 6.92 Å². The molecule has 1 heterocycles. The minimum atomic E-state index is -0.249. The number of aromatic nitrogens is 2. The summed E-state index contributed by atoms with van der Waals surface area (Å²) in [5, 5.41) is 9.44. The van der Waals surface area contributed by atoms with E-state index in [0.29, 0.717) is 11.7 Å². The smallest absolute Gasteiger partial charge is 0.315 e. The maximum Gasteiger partial charge on any atom is 0.315 e. The number of para-hydroxylation sites is 1. The van der Waals surface area contributed by atoms with Crippen LogP contribution in [0.25, 0.3) is 0 Å². The van der Waals surface area contributed by atoms with Crippen LogP contribution in [0, 0.1) is 6.92 Å². The van der Waals surface area contributed by atoms with Gasteiger partial charge in [0.2, 0.25) is 5.89 Å². The summed E-state index contributed by atoms with van der Waals surface area (Å²) in [6, 6.07) is 9.42. The lowest BCUT2D eigenvalue weighted by molar-refractivity contribution is 0.172. The van der Waals surface area contributed by atoms with E-state index in [0.717, 1.165) is 25.0 Å². The SMILES string of the molecule is Cc1nc(CNC(=O)N[C@@H]2CCC[C@@H]2Oc2ccccc2)no1. The van der Waals surface area contributed by atoms with E-state index >= 15 is 0 Å². The summed E-state index contributed by atoms with van der Waals surface area (Å²) in [6.45, 7) is 1.95. The van der Waals surface area contributed by atoms with Crippen LogP contribution in [0.3, 0.4) is 0 Å². The minimum absolute atomic E-state index is 0.00205. The average Bonchev–Trinajstić information content (AvgIpc) is 3.16. The van der Waals surface area contributed by atoms with Gasteiger partial charge in [0.1, 0.15) is 11.9 Å². The number of urea groups is 1. The number of nitrogens with zero attached hydrogens (tertiary/aromatic N) is 2. The van der Waals surface area contributed by atoms with Crippen molar-refractivity contribution in [3.8, 4) is 5.75 Å². The van der Waals surface area contributed by atoms with Crippen molar-refractivity contribution in [2.45, 2.75) is 44.9 Å². The molecule has 0 radical (unpaired) electrons. The Bertz CT molecular complexity index is 644. The third-order valence-corrected chi connectivity index (χ3v) is 3.78. The van der Waals surface area contributed by atoms with Gasteiger partial charge in [-0.2, -0.15) is 4.98 Å². The highest BCUT2D eigenvalue weighted by Gasteiger charge is 2.30. The molecular weight excluding hydrogens is 296 g/mol. The zero-order valence-corrected chi connectivity index (χ0v) is 13.0. The Morgan fingerprint density at radius 3 is 2.91 bits per heavy atom. The van der Waals surface area contributed by atoms with Gasteiger partial charge in [-0.15, -0.1) is 0 Å². The first-order valence-electron chi connectivity index (χ1n) is 7.76. The van der Waals surface area contributed by atoms with E-state index in [2.05, 4.69) is 20.8 Å². The Labute approximate surface area is 134 Å². The zero-order valence-electron chi connectivity index (χ0n) is 13.0. The molecule has 0 unspecified atom stereocenters. The van der Waals surface area contributed by atoms with Gasteiger partial charge in [-0.05, 0) is 31.4 Å². The molecule has 0 saturated heterocycles. The Balaban J connectivity index is 1.48. The second kappa shape index (κ2) is 7.13. The topological polar surface area (TPSA) is 89.3 Å². The third kappa shape index (κ3) is 4.21. The average molecular weight is 316 g/mol. The van der Waals surface area contributed by atoms with Crippen molar-refractivity contribution in [1.82, 2.24) is 20.8 Å². The van der Waals surface area contributed by atoms with Crippen LogP contribution in [0.1, 0.15) is 31.0 Å². The molecule has 7 nitrogen and oxygen atoms in total. The Kier molecular flexibility index (Phi) is 4.75. The lowest BCUT2D eigenvalue weighted by Gasteiger charge is -2.22. The summed E-state index contributed by atoms with van der Waals surface area (Å²) in [6.07, 6.45) is 2.87. The van der Waals surface area contributed by atoms with Crippen LogP contribution in [0.5, 0.6) is 5.75 Å². The standard InChI is InChI=1S/C16H20N4O3/c1-11-18-15(20-23-11)10-17-16(21)19-13-8-5-9-14(13)22-12-6-3-2-4-7-12/h2-4,6-7,13-14H,5,8-10H2,1H3,(H2,17,19,21)/t13-,14+/m1/s1.